The summed E-state index contributed by atoms with van der Waals surface area (Å²) in [7, 11) is 0. The van der Waals surface area contributed by atoms with Gasteiger partial charge in [-0.25, -0.2) is 0 Å². The number of rotatable bonds is 4. The molecule has 1 atom stereocenters. The van der Waals surface area contributed by atoms with Crippen LogP contribution in [0.5, 0.6) is 0 Å². The second-order valence-electron chi connectivity index (χ2n) is 4.75. The van der Waals surface area contributed by atoms with Crippen LogP contribution in [0.25, 0.3) is 0 Å². The Labute approximate surface area is 103 Å². The molecule has 1 heterocycles. The Morgan fingerprint density at radius 2 is 2.12 bits per heavy atom. The van der Waals surface area contributed by atoms with Crippen LogP contribution >= 0.6 is 0 Å². The zero-order chi connectivity index (χ0) is 12.1. The molecule has 1 aromatic rings. The summed E-state index contributed by atoms with van der Waals surface area (Å²) in [6.07, 6.45) is 4.04. The molecule has 1 aliphatic heterocycles. The summed E-state index contributed by atoms with van der Waals surface area (Å²) in [5, 5.41) is 9.56. The molecule has 94 valence electrons. The first-order chi connectivity index (χ1) is 8.31. The number of fused-ring (bicyclic) bond motifs is 1. The molecule has 0 bridgehead atoms. The van der Waals surface area contributed by atoms with Crippen molar-refractivity contribution in [3.05, 3.63) is 29.8 Å². The predicted molar refractivity (Wildman–Crippen MR) is 71.3 cm³/mol. The van der Waals surface area contributed by atoms with E-state index in [0.29, 0.717) is 6.54 Å². The van der Waals surface area contributed by atoms with E-state index in [0.717, 1.165) is 19.5 Å². The SMILES string of the molecule is NCC(O)CCN1CCCCc2ccccc21. The lowest BCUT2D eigenvalue weighted by molar-refractivity contribution is 0.174. The van der Waals surface area contributed by atoms with Gasteiger partial charge >= 0.3 is 0 Å². The van der Waals surface area contributed by atoms with Crippen molar-refractivity contribution in [3.63, 3.8) is 0 Å². The Balaban J connectivity index is 2.06. The Bertz CT molecular complexity index is 354. The Morgan fingerprint density at radius 1 is 1.29 bits per heavy atom. The molecule has 3 N–H and O–H groups in total. The van der Waals surface area contributed by atoms with Crippen LogP contribution in [0.2, 0.25) is 0 Å². The number of hydrogen-bond donors (Lipinski definition) is 2. The largest absolute Gasteiger partial charge is 0.392 e. The summed E-state index contributed by atoms with van der Waals surface area (Å²) < 4.78 is 0. The summed E-state index contributed by atoms with van der Waals surface area (Å²) >= 11 is 0. The number of nitrogens with zero attached hydrogens (tertiary/aromatic N) is 1. The number of benzene rings is 1. The van der Waals surface area contributed by atoms with Gasteiger partial charge in [-0.3, -0.25) is 0 Å². The molecule has 1 unspecified atom stereocenters. The van der Waals surface area contributed by atoms with Crippen molar-refractivity contribution in [3.8, 4) is 0 Å². The monoisotopic (exact) mass is 234 g/mol. The summed E-state index contributed by atoms with van der Waals surface area (Å²) in [4.78, 5) is 2.39. The number of aliphatic hydroxyl groups is 1. The lowest BCUT2D eigenvalue weighted by Crippen LogP contribution is -2.30. The number of anilines is 1. The zero-order valence-corrected chi connectivity index (χ0v) is 10.3. The predicted octanol–water partition coefficient (Wildman–Crippen LogP) is 1.54. The molecule has 0 amide bonds. The number of para-hydroxylation sites is 1. The van der Waals surface area contributed by atoms with Gasteiger partial charge in [0.15, 0.2) is 0 Å². The van der Waals surface area contributed by atoms with Crippen LogP contribution in [0.1, 0.15) is 24.8 Å². The standard InChI is InChI=1S/C14H22N2O/c15-11-13(17)8-10-16-9-4-3-6-12-5-1-2-7-14(12)16/h1-2,5,7,13,17H,3-4,6,8-11,15H2. The summed E-state index contributed by atoms with van der Waals surface area (Å²) in [6, 6.07) is 8.61. The average molecular weight is 234 g/mol. The molecule has 2 rings (SSSR count). The van der Waals surface area contributed by atoms with Gasteiger partial charge in [0.25, 0.3) is 0 Å². The van der Waals surface area contributed by atoms with Crippen LogP contribution in [-0.2, 0) is 6.42 Å². The highest BCUT2D eigenvalue weighted by atomic mass is 16.3. The first kappa shape index (κ1) is 12.4. The van der Waals surface area contributed by atoms with Gasteiger partial charge in [-0.15, -0.1) is 0 Å². The van der Waals surface area contributed by atoms with Crippen molar-refractivity contribution < 1.29 is 5.11 Å². The summed E-state index contributed by atoms with van der Waals surface area (Å²) in [5.41, 5.74) is 8.22. The van der Waals surface area contributed by atoms with E-state index in [1.54, 1.807) is 0 Å². The van der Waals surface area contributed by atoms with Crippen LogP contribution in [0.4, 0.5) is 5.69 Å². The molecule has 0 fully saturated rings. The number of aryl methyl sites for hydroxylation is 1. The zero-order valence-electron chi connectivity index (χ0n) is 10.3. The third-order valence-electron chi connectivity index (χ3n) is 3.46. The molecular formula is C14H22N2O. The lowest BCUT2D eigenvalue weighted by Gasteiger charge is -2.25. The molecule has 0 aliphatic carbocycles. The lowest BCUT2D eigenvalue weighted by atomic mass is 10.1. The van der Waals surface area contributed by atoms with Gasteiger partial charge in [-0.1, -0.05) is 18.2 Å². The van der Waals surface area contributed by atoms with Crippen molar-refractivity contribution in [2.24, 2.45) is 5.73 Å². The second-order valence-corrected chi connectivity index (χ2v) is 4.75. The molecule has 0 saturated heterocycles. The van der Waals surface area contributed by atoms with Crippen molar-refractivity contribution >= 4 is 5.69 Å². The first-order valence-corrected chi connectivity index (χ1v) is 6.52. The molecule has 3 heteroatoms. The van der Waals surface area contributed by atoms with E-state index in [1.807, 2.05) is 0 Å². The fraction of sp³-hybridized carbons (Fsp3) is 0.571. The van der Waals surface area contributed by atoms with Crippen LogP contribution < -0.4 is 10.6 Å². The summed E-state index contributed by atoms with van der Waals surface area (Å²) in [6.45, 7) is 2.35. The fourth-order valence-corrected chi connectivity index (χ4v) is 2.42. The van der Waals surface area contributed by atoms with Gasteiger partial charge in [0, 0.05) is 25.3 Å². The highest BCUT2D eigenvalue weighted by Crippen LogP contribution is 2.26. The quantitative estimate of drug-likeness (QED) is 0.831. The van der Waals surface area contributed by atoms with Crippen LogP contribution in [0.15, 0.2) is 24.3 Å². The molecule has 17 heavy (non-hydrogen) atoms. The Morgan fingerprint density at radius 3 is 2.94 bits per heavy atom. The fourth-order valence-electron chi connectivity index (χ4n) is 2.42. The van der Waals surface area contributed by atoms with E-state index in [9.17, 15) is 5.11 Å². The van der Waals surface area contributed by atoms with Gasteiger partial charge < -0.3 is 15.7 Å². The van der Waals surface area contributed by atoms with Crippen molar-refractivity contribution in [2.75, 3.05) is 24.5 Å². The third-order valence-corrected chi connectivity index (χ3v) is 3.46. The Hall–Kier alpha value is -1.06. The minimum Gasteiger partial charge on any atom is -0.392 e. The van der Waals surface area contributed by atoms with Gasteiger partial charge in [0.2, 0.25) is 0 Å². The Kier molecular flexibility index (Phi) is 4.40. The molecule has 0 aromatic heterocycles. The third kappa shape index (κ3) is 3.20. The topological polar surface area (TPSA) is 49.5 Å². The van der Waals surface area contributed by atoms with Gasteiger partial charge in [-0.2, -0.15) is 0 Å². The molecule has 1 aromatic carbocycles. The maximum Gasteiger partial charge on any atom is 0.0679 e. The van der Waals surface area contributed by atoms with E-state index in [2.05, 4.69) is 29.2 Å². The second kappa shape index (κ2) is 6.03. The van der Waals surface area contributed by atoms with E-state index in [-0.39, 0.29) is 6.10 Å². The van der Waals surface area contributed by atoms with Crippen LogP contribution in [-0.4, -0.2) is 30.8 Å². The number of aliphatic hydroxyl groups excluding tert-OH is 1. The van der Waals surface area contributed by atoms with Crippen LogP contribution in [0, 0.1) is 0 Å². The van der Waals surface area contributed by atoms with Gasteiger partial charge in [-0.05, 0) is 37.3 Å². The highest BCUT2D eigenvalue weighted by Gasteiger charge is 2.15. The van der Waals surface area contributed by atoms with E-state index in [4.69, 9.17) is 5.73 Å². The van der Waals surface area contributed by atoms with Crippen molar-refractivity contribution in [2.45, 2.75) is 31.8 Å². The molecule has 0 spiro atoms. The highest BCUT2D eigenvalue weighted by molar-refractivity contribution is 5.54. The minimum atomic E-state index is -0.370. The normalized spacial score (nSPS) is 17.4. The molecule has 1 aliphatic rings. The van der Waals surface area contributed by atoms with Crippen LogP contribution in [0.3, 0.4) is 0 Å². The maximum absolute atomic E-state index is 9.56. The number of hydrogen-bond acceptors (Lipinski definition) is 3. The smallest absolute Gasteiger partial charge is 0.0679 e. The van der Waals surface area contributed by atoms with Crippen molar-refractivity contribution in [1.82, 2.24) is 0 Å². The average Bonchev–Trinajstić information content (AvgIpc) is 2.58. The molecule has 3 nitrogen and oxygen atoms in total. The molecular weight excluding hydrogens is 212 g/mol. The summed E-state index contributed by atoms with van der Waals surface area (Å²) in [5.74, 6) is 0. The molecule has 0 saturated carbocycles. The first-order valence-electron chi connectivity index (χ1n) is 6.52. The minimum absolute atomic E-state index is 0.357. The van der Waals surface area contributed by atoms with E-state index >= 15 is 0 Å². The van der Waals surface area contributed by atoms with E-state index < -0.39 is 0 Å². The van der Waals surface area contributed by atoms with Gasteiger partial charge in [0.1, 0.15) is 0 Å². The molecule has 0 radical (unpaired) electrons. The van der Waals surface area contributed by atoms with Crippen molar-refractivity contribution in [1.29, 1.82) is 0 Å². The van der Waals surface area contributed by atoms with E-state index in [1.165, 1.54) is 30.5 Å². The van der Waals surface area contributed by atoms with Gasteiger partial charge in [0.05, 0.1) is 6.10 Å². The number of nitrogens with two attached hydrogens (primary N) is 1. The maximum atomic E-state index is 9.56.